The van der Waals surface area contributed by atoms with Crippen molar-refractivity contribution in [2.75, 3.05) is 26.2 Å². The first kappa shape index (κ1) is 27.0. The van der Waals surface area contributed by atoms with Crippen molar-refractivity contribution in [3.63, 3.8) is 0 Å². The highest BCUT2D eigenvalue weighted by molar-refractivity contribution is 7.89. The Labute approximate surface area is 244 Å². The van der Waals surface area contributed by atoms with Crippen molar-refractivity contribution in [3.05, 3.63) is 112 Å². The van der Waals surface area contributed by atoms with E-state index < -0.39 is 10.0 Å². The summed E-state index contributed by atoms with van der Waals surface area (Å²) in [4.78, 5) is 7.58. The predicted molar refractivity (Wildman–Crippen MR) is 161 cm³/mol. The smallest absolute Gasteiger partial charge is 0.243 e. The molecule has 6 rings (SSSR count). The lowest BCUT2D eigenvalue weighted by molar-refractivity contribution is 0.180. The maximum atomic E-state index is 13.2. The lowest BCUT2D eigenvalue weighted by atomic mass is 10.1. The van der Waals surface area contributed by atoms with Gasteiger partial charge in [0.15, 0.2) is 0 Å². The van der Waals surface area contributed by atoms with Gasteiger partial charge in [-0.05, 0) is 55.0 Å². The van der Waals surface area contributed by atoms with Crippen LogP contribution in [0.1, 0.15) is 11.3 Å². The number of halogens is 2. The molecular formula is C31H28Cl2N4O2S. The fourth-order valence-corrected chi connectivity index (χ4v) is 6.93. The van der Waals surface area contributed by atoms with Crippen molar-refractivity contribution in [3.8, 4) is 22.4 Å². The summed E-state index contributed by atoms with van der Waals surface area (Å²) in [7, 11) is -3.58. The van der Waals surface area contributed by atoms with E-state index in [1.54, 1.807) is 28.6 Å². The summed E-state index contributed by atoms with van der Waals surface area (Å²) < 4.78 is 30.1. The molecule has 204 valence electrons. The molecule has 1 aliphatic heterocycles. The third-order valence-corrected chi connectivity index (χ3v) is 9.88. The maximum absolute atomic E-state index is 13.2. The maximum Gasteiger partial charge on any atom is 0.243 e. The van der Waals surface area contributed by atoms with Crippen LogP contribution < -0.4 is 0 Å². The number of sulfonamides is 1. The topological polar surface area (TPSA) is 57.9 Å². The SMILES string of the molecule is Cc1ccc(-c2nc3ccc(-c4ccccc4Cl)cn3c2CN2CCN(S(=O)(=O)c3ccc(Cl)cc3)CC2)cc1. The van der Waals surface area contributed by atoms with E-state index in [0.29, 0.717) is 42.8 Å². The molecule has 0 unspecified atom stereocenters. The Hall–Kier alpha value is -3.20. The van der Waals surface area contributed by atoms with Crippen LogP contribution in [0.3, 0.4) is 0 Å². The summed E-state index contributed by atoms with van der Waals surface area (Å²) in [5, 5.41) is 1.21. The first-order valence-corrected chi connectivity index (χ1v) is 15.3. The molecule has 40 heavy (non-hydrogen) atoms. The van der Waals surface area contributed by atoms with Gasteiger partial charge >= 0.3 is 0 Å². The Balaban J connectivity index is 1.32. The van der Waals surface area contributed by atoms with Gasteiger partial charge in [0.25, 0.3) is 0 Å². The Morgan fingerprint density at radius 1 is 0.800 bits per heavy atom. The highest BCUT2D eigenvalue weighted by atomic mass is 35.5. The molecule has 0 aliphatic carbocycles. The monoisotopic (exact) mass is 590 g/mol. The molecule has 3 heterocycles. The van der Waals surface area contributed by atoms with E-state index in [2.05, 4.69) is 46.7 Å². The van der Waals surface area contributed by atoms with Gasteiger partial charge in [-0.3, -0.25) is 4.90 Å². The fraction of sp³-hybridized carbons (Fsp3) is 0.194. The summed E-state index contributed by atoms with van der Waals surface area (Å²) in [6.45, 7) is 4.74. The Morgan fingerprint density at radius 3 is 2.17 bits per heavy atom. The van der Waals surface area contributed by atoms with Crippen molar-refractivity contribution >= 4 is 38.9 Å². The van der Waals surface area contributed by atoms with E-state index >= 15 is 0 Å². The Kier molecular flexibility index (Phi) is 7.42. The van der Waals surface area contributed by atoms with Crippen molar-refractivity contribution in [1.29, 1.82) is 0 Å². The number of piperazine rings is 1. The van der Waals surface area contributed by atoms with Crippen LogP contribution in [0, 0.1) is 6.92 Å². The number of fused-ring (bicyclic) bond motifs is 1. The van der Waals surface area contributed by atoms with Gasteiger partial charge in [0.1, 0.15) is 5.65 Å². The number of benzene rings is 3. The van der Waals surface area contributed by atoms with Crippen molar-refractivity contribution < 1.29 is 8.42 Å². The molecule has 0 N–H and O–H groups in total. The Bertz CT molecular complexity index is 1780. The summed E-state index contributed by atoms with van der Waals surface area (Å²) >= 11 is 12.5. The molecule has 1 saturated heterocycles. The average molecular weight is 592 g/mol. The van der Waals surface area contributed by atoms with E-state index in [1.165, 1.54) is 5.56 Å². The van der Waals surface area contributed by atoms with E-state index in [1.807, 2.05) is 36.4 Å². The molecule has 0 amide bonds. The standard InChI is InChI=1S/C31H28Cl2N4O2S/c1-22-6-8-23(9-7-22)31-29(37-20-24(10-15-30(37)34-31)27-4-2-3-5-28(27)33)21-35-16-18-36(19-17-35)40(38,39)26-13-11-25(32)12-14-26/h2-15,20H,16-19,21H2,1H3. The van der Waals surface area contributed by atoms with Crippen LogP contribution in [0.25, 0.3) is 28.0 Å². The average Bonchev–Trinajstić information content (AvgIpc) is 3.31. The molecule has 0 saturated carbocycles. The lowest BCUT2D eigenvalue weighted by Gasteiger charge is -2.34. The first-order chi connectivity index (χ1) is 19.3. The molecule has 1 aliphatic rings. The third-order valence-electron chi connectivity index (χ3n) is 7.38. The van der Waals surface area contributed by atoms with Crippen LogP contribution >= 0.6 is 23.2 Å². The summed E-state index contributed by atoms with van der Waals surface area (Å²) in [6, 6.07) is 26.6. The quantitative estimate of drug-likeness (QED) is 0.218. The Morgan fingerprint density at radius 2 is 1.48 bits per heavy atom. The van der Waals surface area contributed by atoms with Gasteiger partial charge in [-0.2, -0.15) is 4.31 Å². The van der Waals surface area contributed by atoms with E-state index in [4.69, 9.17) is 28.2 Å². The van der Waals surface area contributed by atoms with Gasteiger partial charge in [0.05, 0.1) is 16.3 Å². The number of hydrogen-bond donors (Lipinski definition) is 0. The number of aromatic nitrogens is 2. The van der Waals surface area contributed by atoms with Crippen molar-refractivity contribution in [1.82, 2.24) is 18.6 Å². The van der Waals surface area contributed by atoms with Crippen LogP contribution in [-0.4, -0.2) is 53.2 Å². The van der Waals surface area contributed by atoms with Gasteiger partial charge in [0.2, 0.25) is 10.0 Å². The van der Waals surface area contributed by atoms with E-state index in [9.17, 15) is 8.42 Å². The van der Waals surface area contributed by atoms with Crippen molar-refractivity contribution in [2.45, 2.75) is 18.4 Å². The summed E-state index contributed by atoms with van der Waals surface area (Å²) in [6.07, 6.45) is 2.10. The number of imidazole rings is 1. The minimum Gasteiger partial charge on any atom is -0.301 e. The minimum atomic E-state index is -3.58. The van der Waals surface area contributed by atoms with E-state index in [0.717, 1.165) is 33.7 Å². The van der Waals surface area contributed by atoms with Crippen LogP contribution in [0.5, 0.6) is 0 Å². The predicted octanol–water partition coefficient (Wildman–Crippen LogP) is 6.79. The molecule has 3 aromatic carbocycles. The molecule has 6 nitrogen and oxygen atoms in total. The number of rotatable bonds is 6. The van der Waals surface area contributed by atoms with Crippen LogP contribution in [-0.2, 0) is 16.6 Å². The van der Waals surface area contributed by atoms with Gasteiger partial charge in [-0.1, -0.05) is 71.2 Å². The van der Waals surface area contributed by atoms with E-state index in [-0.39, 0.29) is 4.90 Å². The number of hydrogen-bond acceptors (Lipinski definition) is 4. The molecular weight excluding hydrogens is 563 g/mol. The summed E-state index contributed by atoms with van der Waals surface area (Å²) in [5.41, 5.74) is 7.04. The zero-order chi connectivity index (χ0) is 27.9. The number of nitrogens with zero attached hydrogens (tertiary/aromatic N) is 4. The van der Waals surface area contributed by atoms with Gasteiger partial charge in [-0.25, -0.2) is 13.4 Å². The normalized spacial score (nSPS) is 15.1. The second kappa shape index (κ2) is 11.0. The van der Waals surface area contributed by atoms with Gasteiger partial charge in [0, 0.05) is 60.1 Å². The molecule has 0 radical (unpaired) electrons. The lowest BCUT2D eigenvalue weighted by Crippen LogP contribution is -2.48. The first-order valence-electron chi connectivity index (χ1n) is 13.1. The molecule has 1 fully saturated rings. The van der Waals surface area contributed by atoms with Crippen molar-refractivity contribution in [2.24, 2.45) is 0 Å². The molecule has 9 heteroatoms. The molecule has 0 atom stereocenters. The molecule has 5 aromatic rings. The highest BCUT2D eigenvalue weighted by Crippen LogP contribution is 2.32. The van der Waals surface area contributed by atoms with Crippen LogP contribution in [0.15, 0.2) is 96.0 Å². The van der Waals surface area contributed by atoms with Gasteiger partial charge in [-0.15, -0.1) is 0 Å². The highest BCUT2D eigenvalue weighted by Gasteiger charge is 2.29. The largest absolute Gasteiger partial charge is 0.301 e. The minimum absolute atomic E-state index is 0.265. The fourth-order valence-electron chi connectivity index (χ4n) is 5.14. The molecule has 0 spiro atoms. The molecule has 2 aromatic heterocycles. The second-order valence-corrected chi connectivity index (χ2v) is 12.8. The third kappa shape index (κ3) is 5.28. The summed E-state index contributed by atoms with van der Waals surface area (Å²) in [5.74, 6) is 0. The van der Waals surface area contributed by atoms with Gasteiger partial charge < -0.3 is 4.40 Å². The zero-order valence-corrected chi connectivity index (χ0v) is 24.3. The van der Waals surface area contributed by atoms with Crippen LogP contribution in [0.4, 0.5) is 0 Å². The number of aryl methyl sites for hydroxylation is 1. The second-order valence-electron chi connectivity index (χ2n) is 10.0. The number of pyridine rings is 1. The van der Waals surface area contributed by atoms with Crippen LogP contribution in [0.2, 0.25) is 10.0 Å². The molecule has 0 bridgehead atoms. The zero-order valence-electron chi connectivity index (χ0n) is 22.0.